The van der Waals surface area contributed by atoms with Crippen LogP contribution in [0.25, 0.3) is 10.6 Å². The van der Waals surface area contributed by atoms with Crippen molar-refractivity contribution < 1.29 is 13.2 Å². The van der Waals surface area contributed by atoms with E-state index in [2.05, 4.69) is 10.3 Å². The maximum absolute atomic E-state index is 12.9. The van der Waals surface area contributed by atoms with Crippen molar-refractivity contribution >= 4 is 27.3 Å². The van der Waals surface area contributed by atoms with E-state index >= 15 is 0 Å². The molecule has 1 amide bonds. The summed E-state index contributed by atoms with van der Waals surface area (Å²) in [6, 6.07) is 15.0. The van der Waals surface area contributed by atoms with Crippen LogP contribution in [0.5, 0.6) is 0 Å². The number of carbonyl (C=O) groups is 1. The topological polar surface area (TPSA) is 79.4 Å². The highest BCUT2D eigenvalue weighted by Crippen LogP contribution is 2.24. The molecular weight excluding hydrogens is 442 g/mol. The molecule has 1 fully saturated rings. The van der Waals surface area contributed by atoms with Crippen molar-refractivity contribution in [1.29, 1.82) is 0 Å². The minimum atomic E-state index is -3.49. The van der Waals surface area contributed by atoms with Gasteiger partial charge < -0.3 is 5.32 Å². The lowest BCUT2D eigenvalue weighted by atomic mass is 10.2. The number of nitrogens with zero attached hydrogens (tertiary/aromatic N) is 2. The molecule has 0 spiro atoms. The van der Waals surface area contributed by atoms with Crippen molar-refractivity contribution in [2.45, 2.75) is 44.0 Å². The average Bonchev–Trinajstić information content (AvgIpc) is 3.27. The van der Waals surface area contributed by atoms with Gasteiger partial charge in [-0.15, -0.1) is 11.3 Å². The second-order valence-electron chi connectivity index (χ2n) is 8.08. The van der Waals surface area contributed by atoms with Gasteiger partial charge in [0.2, 0.25) is 15.9 Å². The molecule has 3 aromatic rings. The first-order valence-corrected chi connectivity index (χ1v) is 13.1. The van der Waals surface area contributed by atoms with Gasteiger partial charge in [0, 0.05) is 30.6 Å². The summed E-state index contributed by atoms with van der Waals surface area (Å²) < 4.78 is 27.3. The summed E-state index contributed by atoms with van der Waals surface area (Å²) >= 11 is 1.52. The molecule has 1 N–H and O–H groups in total. The number of hydrogen-bond donors (Lipinski definition) is 1. The van der Waals surface area contributed by atoms with Gasteiger partial charge in [0.05, 0.1) is 17.0 Å². The molecule has 1 aromatic heterocycles. The maximum Gasteiger partial charge on any atom is 0.243 e. The molecule has 0 radical (unpaired) electrons. The van der Waals surface area contributed by atoms with E-state index in [1.807, 2.05) is 42.6 Å². The number of carbonyl (C=O) groups excluding carboxylic acids is 1. The SMILES string of the molecule is Cc1ccc(-c2nc(CC(=O)NCc3cccc(S(=O)(=O)N4CCCCC4)c3)cs2)cc1. The van der Waals surface area contributed by atoms with Crippen LogP contribution in [-0.2, 0) is 27.8 Å². The molecule has 32 heavy (non-hydrogen) atoms. The zero-order valence-corrected chi connectivity index (χ0v) is 19.7. The molecule has 0 aliphatic carbocycles. The van der Waals surface area contributed by atoms with E-state index in [0.717, 1.165) is 41.1 Å². The molecule has 8 heteroatoms. The summed E-state index contributed by atoms with van der Waals surface area (Å²) in [5, 5.41) is 5.67. The van der Waals surface area contributed by atoms with Crippen molar-refractivity contribution in [1.82, 2.24) is 14.6 Å². The highest BCUT2D eigenvalue weighted by Gasteiger charge is 2.25. The fraction of sp³-hybridized carbons (Fsp3) is 0.333. The second kappa shape index (κ2) is 9.94. The predicted octanol–water partition coefficient (Wildman–Crippen LogP) is 4.15. The summed E-state index contributed by atoms with van der Waals surface area (Å²) in [6.45, 7) is 3.46. The lowest BCUT2D eigenvalue weighted by Gasteiger charge is -2.26. The van der Waals surface area contributed by atoms with Crippen molar-refractivity contribution in [3.63, 3.8) is 0 Å². The predicted molar refractivity (Wildman–Crippen MR) is 127 cm³/mol. The third-order valence-corrected chi connectivity index (χ3v) is 8.37. The normalized spacial score (nSPS) is 14.9. The van der Waals surface area contributed by atoms with Gasteiger partial charge in [-0.3, -0.25) is 4.79 Å². The zero-order valence-electron chi connectivity index (χ0n) is 18.1. The van der Waals surface area contributed by atoms with E-state index in [0.29, 0.717) is 13.1 Å². The molecule has 1 saturated heterocycles. The van der Waals surface area contributed by atoms with Crippen molar-refractivity contribution in [2.24, 2.45) is 0 Å². The molecule has 0 atom stereocenters. The fourth-order valence-electron chi connectivity index (χ4n) is 3.71. The van der Waals surface area contributed by atoms with Gasteiger partial charge in [-0.1, -0.05) is 48.4 Å². The Kier molecular flexibility index (Phi) is 7.03. The standard InChI is InChI=1S/C24H27N3O3S2/c1-18-8-10-20(11-9-18)24-26-21(17-31-24)15-23(28)25-16-19-6-5-7-22(14-19)32(29,30)27-12-3-2-4-13-27/h5-11,14,17H,2-4,12-13,15-16H2,1H3,(H,25,28). The van der Waals surface area contributed by atoms with Crippen molar-refractivity contribution in [3.05, 3.63) is 70.7 Å². The summed E-state index contributed by atoms with van der Waals surface area (Å²) in [4.78, 5) is 17.3. The first-order chi connectivity index (χ1) is 15.4. The van der Waals surface area contributed by atoms with Gasteiger partial charge in [-0.2, -0.15) is 4.31 Å². The summed E-state index contributed by atoms with van der Waals surface area (Å²) in [5.41, 5.74) is 3.72. The summed E-state index contributed by atoms with van der Waals surface area (Å²) in [6.07, 6.45) is 3.06. The largest absolute Gasteiger partial charge is 0.352 e. The number of amides is 1. The van der Waals surface area contributed by atoms with Crippen LogP contribution in [0, 0.1) is 6.92 Å². The third-order valence-electron chi connectivity index (χ3n) is 5.53. The van der Waals surface area contributed by atoms with Crippen molar-refractivity contribution in [2.75, 3.05) is 13.1 Å². The Labute approximate surface area is 193 Å². The number of aryl methyl sites for hydroxylation is 1. The van der Waals surface area contributed by atoms with Crippen LogP contribution in [0.4, 0.5) is 0 Å². The van der Waals surface area contributed by atoms with Gasteiger partial charge in [0.1, 0.15) is 5.01 Å². The van der Waals surface area contributed by atoms with Crippen LogP contribution < -0.4 is 5.32 Å². The maximum atomic E-state index is 12.9. The van der Waals surface area contributed by atoms with Crippen LogP contribution in [0.1, 0.15) is 36.1 Å². The number of hydrogen-bond acceptors (Lipinski definition) is 5. The Morgan fingerprint density at radius 1 is 1.09 bits per heavy atom. The fourth-order valence-corrected chi connectivity index (χ4v) is 6.13. The first-order valence-electron chi connectivity index (χ1n) is 10.8. The first kappa shape index (κ1) is 22.6. The number of thiazole rings is 1. The molecule has 168 valence electrons. The molecule has 0 unspecified atom stereocenters. The number of nitrogens with one attached hydrogen (secondary N) is 1. The quantitative estimate of drug-likeness (QED) is 0.564. The lowest BCUT2D eigenvalue weighted by Crippen LogP contribution is -2.35. The molecule has 0 saturated carbocycles. The minimum Gasteiger partial charge on any atom is -0.352 e. The molecule has 6 nitrogen and oxygen atoms in total. The van der Waals surface area contributed by atoms with Crippen molar-refractivity contribution in [3.8, 4) is 10.6 Å². The molecule has 2 heterocycles. The summed E-state index contributed by atoms with van der Waals surface area (Å²) in [5.74, 6) is -0.143. The number of piperidine rings is 1. The van der Waals surface area contributed by atoms with Crippen LogP contribution >= 0.6 is 11.3 Å². The Morgan fingerprint density at radius 2 is 1.84 bits per heavy atom. The second-order valence-corrected chi connectivity index (χ2v) is 10.9. The Morgan fingerprint density at radius 3 is 2.59 bits per heavy atom. The average molecular weight is 470 g/mol. The monoisotopic (exact) mass is 469 g/mol. The molecule has 4 rings (SSSR count). The van der Waals surface area contributed by atoms with Gasteiger partial charge >= 0.3 is 0 Å². The molecule has 2 aromatic carbocycles. The minimum absolute atomic E-state index is 0.143. The van der Waals surface area contributed by atoms with Crippen LogP contribution in [0.3, 0.4) is 0 Å². The van der Waals surface area contributed by atoms with Crippen LogP contribution in [-0.4, -0.2) is 36.7 Å². The number of benzene rings is 2. The Bertz CT molecular complexity index is 1180. The van der Waals surface area contributed by atoms with Gasteiger partial charge in [-0.05, 0) is 37.5 Å². The zero-order chi connectivity index (χ0) is 22.6. The number of aromatic nitrogens is 1. The lowest BCUT2D eigenvalue weighted by molar-refractivity contribution is -0.120. The molecule has 0 bridgehead atoms. The highest BCUT2D eigenvalue weighted by atomic mass is 32.2. The van der Waals surface area contributed by atoms with Gasteiger partial charge in [0.15, 0.2) is 0 Å². The highest BCUT2D eigenvalue weighted by molar-refractivity contribution is 7.89. The number of rotatable bonds is 7. The van der Waals surface area contributed by atoms with E-state index in [1.165, 1.54) is 16.9 Å². The Hall–Kier alpha value is -2.55. The van der Waals surface area contributed by atoms with Gasteiger partial charge in [0.25, 0.3) is 0 Å². The molecule has 1 aliphatic rings. The van der Waals surface area contributed by atoms with E-state index in [4.69, 9.17) is 0 Å². The third kappa shape index (κ3) is 5.43. The Balaban J connectivity index is 1.35. The summed E-state index contributed by atoms with van der Waals surface area (Å²) in [7, 11) is -3.49. The van der Waals surface area contributed by atoms with E-state index in [-0.39, 0.29) is 23.8 Å². The number of sulfonamides is 1. The smallest absolute Gasteiger partial charge is 0.243 e. The molecule has 1 aliphatic heterocycles. The van der Waals surface area contributed by atoms with Crippen LogP contribution in [0.15, 0.2) is 58.8 Å². The van der Waals surface area contributed by atoms with E-state index in [9.17, 15) is 13.2 Å². The molecular formula is C24H27N3O3S2. The van der Waals surface area contributed by atoms with Gasteiger partial charge in [-0.25, -0.2) is 13.4 Å². The van der Waals surface area contributed by atoms with E-state index in [1.54, 1.807) is 22.5 Å². The van der Waals surface area contributed by atoms with E-state index < -0.39 is 10.0 Å². The van der Waals surface area contributed by atoms with Crippen LogP contribution in [0.2, 0.25) is 0 Å².